The summed E-state index contributed by atoms with van der Waals surface area (Å²) in [5.41, 5.74) is 1.52. The third-order valence-corrected chi connectivity index (χ3v) is 5.41. The third-order valence-electron chi connectivity index (χ3n) is 4.31. The summed E-state index contributed by atoms with van der Waals surface area (Å²) in [7, 11) is 0. The van der Waals surface area contributed by atoms with Crippen molar-refractivity contribution in [1.29, 1.82) is 0 Å². The van der Waals surface area contributed by atoms with Crippen molar-refractivity contribution < 1.29 is 4.39 Å². The van der Waals surface area contributed by atoms with Crippen LogP contribution in [0.2, 0.25) is 0 Å². The first kappa shape index (κ1) is 15.3. The minimum absolute atomic E-state index is 0.284. The van der Waals surface area contributed by atoms with Crippen molar-refractivity contribution >= 4 is 32.5 Å². The number of hydrogen-bond acceptors (Lipinski definition) is 6. The fourth-order valence-electron chi connectivity index (χ4n) is 2.97. The van der Waals surface area contributed by atoms with Crippen LogP contribution in [-0.4, -0.2) is 41.1 Å². The lowest BCUT2D eigenvalue weighted by molar-refractivity contribution is 0.569. The highest BCUT2D eigenvalue weighted by atomic mass is 32.1. The van der Waals surface area contributed by atoms with Crippen LogP contribution in [0.1, 0.15) is 12.6 Å². The molecule has 5 nitrogen and oxygen atoms in total. The molecule has 0 radical (unpaired) electrons. The number of piperazine rings is 1. The molecule has 0 spiro atoms. The van der Waals surface area contributed by atoms with E-state index in [9.17, 15) is 4.39 Å². The molecule has 1 aliphatic heterocycles. The van der Waals surface area contributed by atoms with Crippen LogP contribution in [0.3, 0.4) is 0 Å². The van der Waals surface area contributed by atoms with Crippen molar-refractivity contribution in [1.82, 2.24) is 15.0 Å². The predicted octanol–water partition coefficient (Wildman–Crippen LogP) is 3.11. The molecular formula is C17H18FN5S. The van der Waals surface area contributed by atoms with Crippen molar-refractivity contribution in [2.75, 3.05) is 36.0 Å². The Bertz CT molecular complexity index is 824. The van der Waals surface area contributed by atoms with Crippen LogP contribution in [0.5, 0.6) is 0 Å². The van der Waals surface area contributed by atoms with Crippen LogP contribution in [-0.2, 0) is 6.42 Å². The summed E-state index contributed by atoms with van der Waals surface area (Å²) in [5, 5.41) is 1.04. The highest BCUT2D eigenvalue weighted by Gasteiger charge is 2.23. The zero-order valence-electron chi connectivity index (χ0n) is 13.4. The van der Waals surface area contributed by atoms with E-state index in [1.807, 2.05) is 30.0 Å². The van der Waals surface area contributed by atoms with Crippen LogP contribution in [0.4, 0.5) is 15.3 Å². The number of aromatic nitrogens is 3. The van der Waals surface area contributed by atoms with Crippen molar-refractivity contribution in [3.8, 4) is 0 Å². The Kier molecular flexibility index (Phi) is 4.02. The van der Waals surface area contributed by atoms with Crippen LogP contribution in [0, 0.1) is 5.82 Å². The van der Waals surface area contributed by atoms with Gasteiger partial charge in [0.15, 0.2) is 16.8 Å². The molecule has 0 N–H and O–H groups in total. The quantitative estimate of drug-likeness (QED) is 0.731. The summed E-state index contributed by atoms with van der Waals surface area (Å²) in [6, 6.07) is 8.17. The fourth-order valence-corrected chi connectivity index (χ4v) is 3.98. The second-order valence-electron chi connectivity index (χ2n) is 5.75. The van der Waals surface area contributed by atoms with Crippen molar-refractivity contribution in [3.63, 3.8) is 0 Å². The molecule has 124 valence electrons. The Labute approximate surface area is 143 Å². The maximum atomic E-state index is 14.4. The van der Waals surface area contributed by atoms with Crippen LogP contribution in [0.15, 0.2) is 30.6 Å². The van der Waals surface area contributed by atoms with Gasteiger partial charge in [-0.05, 0) is 18.6 Å². The summed E-state index contributed by atoms with van der Waals surface area (Å²) in [6.45, 7) is 4.98. The maximum absolute atomic E-state index is 14.4. The Morgan fingerprint density at radius 2 is 1.83 bits per heavy atom. The van der Waals surface area contributed by atoms with E-state index in [1.165, 1.54) is 11.0 Å². The molecule has 0 atom stereocenters. The summed E-state index contributed by atoms with van der Waals surface area (Å²) in [5.74, 6) is 0.138. The average molecular weight is 343 g/mol. The van der Waals surface area contributed by atoms with E-state index in [1.54, 1.807) is 11.3 Å². The van der Waals surface area contributed by atoms with Gasteiger partial charge in [0.25, 0.3) is 0 Å². The van der Waals surface area contributed by atoms with E-state index in [0.29, 0.717) is 17.9 Å². The number of hydrogen-bond donors (Lipinski definition) is 0. The lowest BCUT2D eigenvalue weighted by atomic mass is 10.2. The summed E-state index contributed by atoms with van der Waals surface area (Å²) < 4.78 is 15.6. The number of aryl methyl sites for hydroxylation is 1. The Morgan fingerprint density at radius 1 is 1.08 bits per heavy atom. The van der Waals surface area contributed by atoms with Gasteiger partial charge in [-0.15, -0.1) is 0 Å². The molecule has 0 unspecified atom stereocenters. The van der Waals surface area contributed by atoms with Crippen LogP contribution >= 0.6 is 11.3 Å². The van der Waals surface area contributed by atoms with E-state index in [-0.39, 0.29) is 5.82 Å². The monoisotopic (exact) mass is 343 g/mol. The van der Waals surface area contributed by atoms with E-state index >= 15 is 0 Å². The van der Waals surface area contributed by atoms with Gasteiger partial charge in [0.1, 0.15) is 6.33 Å². The SMILES string of the molecule is CCc1ncnc(N2CCN(c3nc4ccccc4s3)CC2)c1F. The number of nitrogens with zero attached hydrogens (tertiary/aromatic N) is 5. The van der Waals surface area contributed by atoms with Crippen molar-refractivity contribution in [2.45, 2.75) is 13.3 Å². The van der Waals surface area contributed by atoms with Gasteiger partial charge in [-0.1, -0.05) is 30.4 Å². The molecule has 4 rings (SSSR count). The lowest BCUT2D eigenvalue weighted by Crippen LogP contribution is -2.47. The molecule has 7 heteroatoms. The minimum atomic E-state index is -0.284. The minimum Gasteiger partial charge on any atom is -0.351 e. The summed E-state index contributed by atoms with van der Waals surface area (Å²) in [4.78, 5) is 17.1. The molecule has 0 bridgehead atoms. The molecule has 2 aromatic heterocycles. The Morgan fingerprint density at radius 3 is 2.58 bits per heavy atom. The predicted molar refractivity (Wildman–Crippen MR) is 95.4 cm³/mol. The molecule has 0 aliphatic carbocycles. The fraction of sp³-hybridized carbons (Fsp3) is 0.353. The third kappa shape index (κ3) is 2.69. The molecule has 1 fully saturated rings. The number of anilines is 2. The zero-order valence-corrected chi connectivity index (χ0v) is 14.3. The molecular weight excluding hydrogens is 325 g/mol. The van der Waals surface area contributed by atoms with Gasteiger partial charge in [0.2, 0.25) is 0 Å². The first-order chi connectivity index (χ1) is 11.8. The standard InChI is InChI=1S/C17H18FN5S/c1-2-12-15(18)16(20-11-19-12)22-7-9-23(10-8-22)17-21-13-5-3-4-6-14(13)24-17/h3-6,11H,2,7-10H2,1H3. The molecule has 3 heterocycles. The van der Waals surface area contributed by atoms with Gasteiger partial charge >= 0.3 is 0 Å². The van der Waals surface area contributed by atoms with E-state index < -0.39 is 0 Å². The summed E-state index contributed by atoms with van der Waals surface area (Å²) >= 11 is 1.71. The van der Waals surface area contributed by atoms with Gasteiger partial charge in [-0.3, -0.25) is 0 Å². The largest absolute Gasteiger partial charge is 0.351 e. The topological polar surface area (TPSA) is 45.2 Å². The van der Waals surface area contributed by atoms with Crippen molar-refractivity contribution in [2.24, 2.45) is 0 Å². The van der Waals surface area contributed by atoms with E-state index in [2.05, 4.69) is 20.9 Å². The maximum Gasteiger partial charge on any atom is 0.187 e. The molecule has 1 aromatic carbocycles. The number of para-hydroxylation sites is 1. The number of benzene rings is 1. The van der Waals surface area contributed by atoms with E-state index in [0.717, 1.165) is 36.8 Å². The second kappa shape index (κ2) is 6.32. The summed E-state index contributed by atoms with van der Waals surface area (Å²) in [6.07, 6.45) is 2.03. The normalized spacial score (nSPS) is 15.2. The number of fused-ring (bicyclic) bond motifs is 1. The van der Waals surface area contributed by atoms with Crippen LogP contribution in [0.25, 0.3) is 10.2 Å². The first-order valence-corrected chi connectivity index (χ1v) is 8.92. The first-order valence-electron chi connectivity index (χ1n) is 8.11. The van der Waals surface area contributed by atoms with Crippen LogP contribution < -0.4 is 9.80 Å². The highest BCUT2D eigenvalue weighted by molar-refractivity contribution is 7.22. The number of halogens is 1. The van der Waals surface area contributed by atoms with Gasteiger partial charge < -0.3 is 9.80 Å². The molecule has 0 saturated carbocycles. The number of rotatable bonds is 3. The molecule has 24 heavy (non-hydrogen) atoms. The van der Waals surface area contributed by atoms with Gasteiger partial charge in [0.05, 0.1) is 15.9 Å². The van der Waals surface area contributed by atoms with E-state index in [4.69, 9.17) is 4.98 Å². The molecule has 1 aliphatic rings. The number of thiazole rings is 1. The second-order valence-corrected chi connectivity index (χ2v) is 6.76. The Balaban J connectivity index is 1.50. The van der Waals surface area contributed by atoms with Crippen molar-refractivity contribution in [3.05, 3.63) is 42.1 Å². The lowest BCUT2D eigenvalue weighted by Gasteiger charge is -2.35. The van der Waals surface area contributed by atoms with Gasteiger partial charge in [0, 0.05) is 26.2 Å². The highest BCUT2D eigenvalue weighted by Crippen LogP contribution is 2.30. The smallest absolute Gasteiger partial charge is 0.187 e. The average Bonchev–Trinajstić information content (AvgIpc) is 3.06. The van der Waals surface area contributed by atoms with Gasteiger partial charge in [-0.25, -0.2) is 19.3 Å². The zero-order chi connectivity index (χ0) is 16.5. The molecule has 3 aromatic rings. The van der Waals surface area contributed by atoms with Gasteiger partial charge in [-0.2, -0.15) is 0 Å². The molecule has 1 saturated heterocycles. The molecule has 0 amide bonds. The Hall–Kier alpha value is -2.28.